The van der Waals surface area contributed by atoms with Crippen LogP contribution in [0.4, 0.5) is 10.5 Å². The molecule has 1 aliphatic heterocycles. The van der Waals surface area contributed by atoms with E-state index in [-0.39, 0.29) is 36.2 Å². The number of rotatable bonds is 7. The fourth-order valence-corrected chi connectivity index (χ4v) is 5.79. The minimum atomic E-state index is -4.04. The van der Waals surface area contributed by atoms with E-state index in [2.05, 4.69) is 4.72 Å². The topological polar surface area (TPSA) is 135 Å². The zero-order valence-electron chi connectivity index (χ0n) is 23.5. The SMILES string of the molecule is COC(=O)[C@H](CC(C)C)NS(=O)(=O)c1ccc2oc3cc(N4CCN(C(=O)OC(C)(C)C)CC4=O)ccc3c2c1. The lowest BCUT2D eigenvalue weighted by molar-refractivity contribution is -0.143. The summed E-state index contributed by atoms with van der Waals surface area (Å²) in [5.74, 6) is -0.844. The molecule has 3 aromatic rings. The van der Waals surface area contributed by atoms with E-state index in [1.165, 1.54) is 24.1 Å². The molecule has 1 aromatic heterocycles. The number of piperazine rings is 1. The molecule has 0 saturated carbocycles. The molecule has 2 heterocycles. The number of methoxy groups -OCH3 is 1. The Hall–Kier alpha value is -3.64. The van der Waals surface area contributed by atoms with Gasteiger partial charge < -0.3 is 18.8 Å². The zero-order chi connectivity index (χ0) is 29.4. The quantitative estimate of drug-likeness (QED) is 0.419. The lowest BCUT2D eigenvalue weighted by atomic mass is 10.1. The van der Waals surface area contributed by atoms with E-state index in [4.69, 9.17) is 13.9 Å². The van der Waals surface area contributed by atoms with Crippen LogP contribution in [0.15, 0.2) is 45.7 Å². The molecule has 4 rings (SSSR count). The molecule has 1 atom stereocenters. The number of sulfonamides is 1. The monoisotopic (exact) mass is 573 g/mol. The van der Waals surface area contributed by atoms with Gasteiger partial charge in [-0.15, -0.1) is 0 Å². The maximum atomic E-state index is 13.2. The molecule has 0 bridgehead atoms. The van der Waals surface area contributed by atoms with Crippen molar-refractivity contribution in [1.29, 1.82) is 0 Å². The third kappa shape index (κ3) is 6.39. The molecule has 1 fully saturated rings. The van der Waals surface area contributed by atoms with Crippen LogP contribution in [0.5, 0.6) is 0 Å². The number of nitrogens with zero attached hydrogens (tertiary/aromatic N) is 2. The van der Waals surface area contributed by atoms with Crippen LogP contribution in [0, 0.1) is 5.92 Å². The fourth-order valence-electron chi connectivity index (χ4n) is 4.57. The Morgan fingerprint density at radius 3 is 2.40 bits per heavy atom. The number of esters is 1. The van der Waals surface area contributed by atoms with Crippen LogP contribution >= 0.6 is 0 Å². The molecule has 12 heteroatoms. The first-order chi connectivity index (χ1) is 18.7. The van der Waals surface area contributed by atoms with E-state index < -0.39 is 33.7 Å². The summed E-state index contributed by atoms with van der Waals surface area (Å²) in [6.45, 7) is 9.58. The largest absolute Gasteiger partial charge is 0.468 e. The first kappa shape index (κ1) is 29.3. The maximum Gasteiger partial charge on any atom is 0.410 e. The summed E-state index contributed by atoms with van der Waals surface area (Å²) in [6.07, 6.45) is -0.244. The number of carbonyl (C=O) groups is 3. The van der Waals surface area contributed by atoms with E-state index in [0.29, 0.717) is 34.2 Å². The number of furan rings is 1. The maximum absolute atomic E-state index is 13.2. The van der Waals surface area contributed by atoms with Crippen molar-refractivity contribution in [3.63, 3.8) is 0 Å². The van der Waals surface area contributed by atoms with Gasteiger partial charge in [0.1, 0.15) is 29.4 Å². The molecule has 0 radical (unpaired) electrons. The molecule has 1 aliphatic rings. The van der Waals surface area contributed by atoms with Gasteiger partial charge in [-0.1, -0.05) is 13.8 Å². The van der Waals surface area contributed by atoms with Crippen LogP contribution < -0.4 is 9.62 Å². The van der Waals surface area contributed by atoms with Crippen molar-refractivity contribution in [3.8, 4) is 0 Å². The van der Waals surface area contributed by atoms with Gasteiger partial charge in [-0.2, -0.15) is 4.72 Å². The van der Waals surface area contributed by atoms with Gasteiger partial charge in [0, 0.05) is 35.6 Å². The number of ether oxygens (including phenoxy) is 2. The van der Waals surface area contributed by atoms with Gasteiger partial charge in [0.05, 0.1) is 12.0 Å². The minimum absolute atomic E-state index is 0.0159. The van der Waals surface area contributed by atoms with Gasteiger partial charge in [0.25, 0.3) is 0 Å². The number of benzene rings is 2. The van der Waals surface area contributed by atoms with E-state index in [9.17, 15) is 22.8 Å². The summed E-state index contributed by atoms with van der Waals surface area (Å²) >= 11 is 0. The van der Waals surface area contributed by atoms with Crippen LogP contribution in [-0.4, -0.2) is 69.7 Å². The number of amides is 2. The molecule has 0 unspecified atom stereocenters. The van der Waals surface area contributed by atoms with E-state index >= 15 is 0 Å². The summed E-state index contributed by atoms with van der Waals surface area (Å²) in [5, 5.41) is 1.24. The van der Waals surface area contributed by atoms with Gasteiger partial charge in [-0.05, 0) is 63.4 Å². The normalized spacial score (nSPS) is 15.6. The molecular weight excluding hydrogens is 538 g/mol. The molecule has 1 N–H and O–H groups in total. The zero-order valence-corrected chi connectivity index (χ0v) is 24.3. The number of fused-ring (bicyclic) bond motifs is 3. The minimum Gasteiger partial charge on any atom is -0.468 e. The van der Waals surface area contributed by atoms with Gasteiger partial charge in [-0.3, -0.25) is 14.5 Å². The second kappa shape index (κ2) is 11.1. The van der Waals surface area contributed by atoms with Gasteiger partial charge >= 0.3 is 12.1 Å². The Morgan fingerprint density at radius 1 is 1.05 bits per heavy atom. The average Bonchev–Trinajstić information content (AvgIpc) is 3.23. The number of hydrogen-bond donors (Lipinski definition) is 1. The predicted molar refractivity (Wildman–Crippen MR) is 149 cm³/mol. The van der Waals surface area contributed by atoms with Crippen LogP contribution in [-0.2, 0) is 29.1 Å². The lowest BCUT2D eigenvalue weighted by Crippen LogP contribution is -2.53. The highest BCUT2D eigenvalue weighted by atomic mass is 32.2. The standard InChI is InChI=1S/C28H35N3O8S/c1-17(2)13-22(26(33)37-6)29-40(35,36)19-8-10-23-21(15-19)20-9-7-18(14-24(20)38-23)31-12-11-30(16-25(31)32)27(34)39-28(3,4)5/h7-10,14-15,17,22,29H,11-13,16H2,1-6H3/t22-/m0/s1. The van der Waals surface area contributed by atoms with Crippen molar-refractivity contribution >= 4 is 55.6 Å². The third-order valence-corrected chi connectivity index (χ3v) is 7.88. The number of carbonyl (C=O) groups excluding carboxylic acids is 3. The van der Waals surface area contributed by atoms with Crippen molar-refractivity contribution in [2.45, 2.75) is 57.6 Å². The number of nitrogens with one attached hydrogen (secondary N) is 1. The lowest BCUT2D eigenvalue weighted by Gasteiger charge is -2.35. The number of anilines is 1. The smallest absolute Gasteiger partial charge is 0.410 e. The van der Waals surface area contributed by atoms with Gasteiger partial charge in [0.15, 0.2) is 0 Å². The highest BCUT2D eigenvalue weighted by Gasteiger charge is 2.31. The Bertz CT molecular complexity index is 1550. The Labute approximate surface area is 233 Å². The molecule has 2 amide bonds. The molecule has 40 heavy (non-hydrogen) atoms. The number of hydrogen-bond acceptors (Lipinski definition) is 8. The average molecular weight is 574 g/mol. The molecule has 2 aromatic carbocycles. The van der Waals surface area contributed by atoms with E-state index in [1.807, 2.05) is 13.8 Å². The summed E-state index contributed by atoms with van der Waals surface area (Å²) < 4.78 is 44.9. The Morgan fingerprint density at radius 2 is 1.77 bits per heavy atom. The Balaban J connectivity index is 1.57. The van der Waals surface area contributed by atoms with Gasteiger partial charge in [-0.25, -0.2) is 13.2 Å². The van der Waals surface area contributed by atoms with Gasteiger partial charge in [0.2, 0.25) is 15.9 Å². The molecule has 11 nitrogen and oxygen atoms in total. The highest BCUT2D eigenvalue weighted by Crippen LogP contribution is 2.33. The summed E-state index contributed by atoms with van der Waals surface area (Å²) in [7, 11) is -2.82. The molecule has 0 spiro atoms. The van der Waals surface area contributed by atoms with Crippen LogP contribution in [0.3, 0.4) is 0 Å². The van der Waals surface area contributed by atoms with Crippen molar-refractivity contribution in [2.24, 2.45) is 5.92 Å². The first-order valence-corrected chi connectivity index (χ1v) is 14.5. The van der Waals surface area contributed by atoms with Crippen molar-refractivity contribution in [3.05, 3.63) is 36.4 Å². The van der Waals surface area contributed by atoms with Crippen molar-refractivity contribution in [1.82, 2.24) is 9.62 Å². The summed E-state index contributed by atoms with van der Waals surface area (Å²) in [6, 6.07) is 8.71. The second-order valence-corrected chi connectivity index (χ2v) is 12.9. The van der Waals surface area contributed by atoms with Crippen LogP contribution in [0.25, 0.3) is 21.9 Å². The van der Waals surface area contributed by atoms with Crippen molar-refractivity contribution < 1.29 is 36.7 Å². The second-order valence-electron chi connectivity index (χ2n) is 11.2. The molecule has 0 aliphatic carbocycles. The van der Waals surface area contributed by atoms with Crippen LogP contribution in [0.2, 0.25) is 0 Å². The first-order valence-electron chi connectivity index (χ1n) is 13.0. The van der Waals surface area contributed by atoms with Crippen molar-refractivity contribution in [2.75, 3.05) is 31.6 Å². The summed E-state index contributed by atoms with van der Waals surface area (Å²) in [5.41, 5.74) is 0.892. The van der Waals surface area contributed by atoms with E-state index in [1.54, 1.807) is 49.9 Å². The molecule has 216 valence electrons. The highest BCUT2D eigenvalue weighted by molar-refractivity contribution is 7.89. The molecule has 1 saturated heterocycles. The fraction of sp³-hybridized carbons (Fsp3) is 0.464. The Kier molecular flexibility index (Phi) is 8.13. The van der Waals surface area contributed by atoms with E-state index in [0.717, 1.165) is 0 Å². The molecular formula is C28H35N3O8S. The summed E-state index contributed by atoms with van der Waals surface area (Å²) in [4.78, 5) is 40.4. The van der Waals surface area contributed by atoms with Crippen LogP contribution in [0.1, 0.15) is 41.0 Å². The third-order valence-electron chi connectivity index (χ3n) is 6.41. The predicted octanol–water partition coefficient (Wildman–Crippen LogP) is 4.04.